The second-order valence-corrected chi connectivity index (χ2v) is 7.53. The number of nitrogens with one attached hydrogen (secondary N) is 2. The summed E-state index contributed by atoms with van der Waals surface area (Å²) in [4.78, 5) is 0. The Morgan fingerprint density at radius 3 is 2.55 bits per heavy atom. The summed E-state index contributed by atoms with van der Waals surface area (Å²) in [5.41, 5.74) is 3.77. The predicted octanol–water partition coefficient (Wildman–Crippen LogP) is 2.89. The first-order chi connectivity index (χ1) is 9.42. The standard InChI is InChI=1S/C14H18N2O2S2/c1-10-4-5-13(6-11(10)2)16-20(17,18)14-7-12(8-15-3)9-19-14/h4-7,9,15-16H,8H2,1-3H3. The third-order valence-electron chi connectivity index (χ3n) is 3.03. The Morgan fingerprint density at radius 1 is 1.15 bits per heavy atom. The van der Waals surface area contributed by atoms with Crippen LogP contribution in [0.15, 0.2) is 33.9 Å². The van der Waals surface area contributed by atoms with Crippen LogP contribution >= 0.6 is 11.3 Å². The van der Waals surface area contributed by atoms with E-state index in [9.17, 15) is 8.42 Å². The Balaban J connectivity index is 2.23. The molecule has 0 bridgehead atoms. The van der Waals surface area contributed by atoms with Crippen LogP contribution in [0, 0.1) is 13.8 Å². The zero-order valence-corrected chi connectivity index (χ0v) is 13.4. The number of thiophene rings is 1. The molecule has 0 aliphatic heterocycles. The van der Waals surface area contributed by atoms with Crippen molar-refractivity contribution in [3.05, 3.63) is 46.3 Å². The summed E-state index contributed by atoms with van der Waals surface area (Å²) >= 11 is 1.23. The van der Waals surface area contributed by atoms with E-state index in [1.807, 2.05) is 38.4 Å². The number of benzene rings is 1. The lowest BCUT2D eigenvalue weighted by atomic mass is 10.1. The van der Waals surface area contributed by atoms with Gasteiger partial charge >= 0.3 is 0 Å². The first-order valence-electron chi connectivity index (χ1n) is 6.24. The van der Waals surface area contributed by atoms with Crippen LogP contribution in [0.2, 0.25) is 0 Å². The lowest BCUT2D eigenvalue weighted by molar-refractivity contribution is 0.603. The molecule has 2 rings (SSSR count). The van der Waals surface area contributed by atoms with Crippen molar-refractivity contribution in [3.63, 3.8) is 0 Å². The van der Waals surface area contributed by atoms with E-state index >= 15 is 0 Å². The lowest BCUT2D eigenvalue weighted by Crippen LogP contribution is -2.12. The van der Waals surface area contributed by atoms with Gasteiger partial charge in [-0.25, -0.2) is 8.42 Å². The molecular formula is C14H18N2O2S2. The van der Waals surface area contributed by atoms with Crippen molar-refractivity contribution >= 4 is 27.0 Å². The van der Waals surface area contributed by atoms with Gasteiger partial charge in [-0.15, -0.1) is 11.3 Å². The van der Waals surface area contributed by atoms with Gasteiger partial charge < -0.3 is 5.32 Å². The third-order valence-corrected chi connectivity index (χ3v) is 5.90. The minimum Gasteiger partial charge on any atom is -0.316 e. The van der Waals surface area contributed by atoms with Crippen LogP contribution in [0.1, 0.15) is 16.7 Å². The van der Waals surface area contributed by atoms with Crippen LogP contribution in [0.25, 0.3) is 0 Å². The van der Waals surface area contributed by atoms with Crippen LogP contribution in [-0.2, 0) is 16.6 Å². The molecule has 2 aromatic rings. The summed E-state index contributed by atoms with van der Waals surface area (Å²) in [7, 11) is -1.67. The zero-order chi connectivity index (χ0) is 14.8. The molecule has 0 fully saturated rings. The maximum absolute atomic E-state index is 12.3. The molecule has 20 heavy (non-hydrogen) atoms. The Labute approximate surface area is 123 Å². The quantitative estimate of drug-likeness (QED) is 0.893. The van der Waals surface area contributed by atoms with Gasteiger partial charge in [0.2, 0.25) is 0 Å². The fraction of sp³-hybridized carbons (Fsp3) is 0.286. The van der Waals surface area contributed by atoms with Crippen molar-refractivity contribution in [2.75, 3.05) is 11.8 Å². The molecule has 1 aromatic carbocycles. The first kappa shape index (κ1) is 15.0. The molecule has 0 aliphatic carbocycles. The molecule has 0 aliphatic rings. The monoisotopic (exact) mass is 310 g/mol. The van der Waals surface area contributed by atoms with Gasteiger partial charge in [-0.1, -0.05) is 6.07 Å². The first-order valence-corrected chi connectivity index (χ1v) is 8.61. The van der Waals surface area contributed by atoms with Crippen molar-refractivity contribution < 1.29 is 8.42 Å². The van der Waals surface area contributed by atoms with Crippen LogP contribution in [-0.4, -0.2) is 15.5 Å². The number of anilines is 1. The SMILES string of the molecule is CNCc1csc(S(=O)(=O)Nc2ccc(C)c(C)c2)c1. The minimum atomic E-state index is -3.50. The molecule has 0 radical (unpaired) electrons. The van der Waals surface area contributed by atoms with Crippen LogP contribution < -0.4 is 10.0 Å². The summed E-state index contributed by atoms with van der Waals surface area (Å²) in [6.07, 6.45) is 0. The van der Waals surface area contributed by atoms with Gasteiger partial charge in [-0.3, -0.25) is 4.72 Å². The Kier molecular flexibility index (Phi) is 4.47. The fourth-order valence-electron chi connectivity index (χ4n) is 1.80. The number of hydrogen-bond acceptors (Lipinski definition) is 4. The van der Waals surface area contributed by atoms with Crippen molar-refractivity contribution in [2.24, 2.45) is 0 Å². The van der Waals surface area contributed by atoms with E-state index in [4.69, 9.17) is 0 Å². The average Bonchev–Trinajstić information content (AvgIpc) is 2.83. The van der Waals surface area contributed by atoms with Crippen molar-refractivity contribution in [1.29, 1.82) is 0 Å². The fourth-order valence-corrected chi connectivity index (χ4v) is 4.06. The number of sulfonamides is 1. The van der Waals surface area contributed by atoms with E-state index in [1.165, 1.54) is 11.3 Å². The second-order valence-electron chi connectivity index (χ2n) is 4.71. The minimum absolute atomic E-state index is 0.334. The van der Waals surface area contributed by atoms with E-state index in [0.717, 1.165) is 16.7 Å². The summed E-state index contributed by atoms with van der Waals surface area (Å²) in [5.74, 6) is 0. The van der Waals surface area contributed by atoms with Gasteiger partial charge in [0.25, 0.3) is 10.0 Å². The Bertz CT molecular complexity index is 706. The van der Waals surface area contributed by atoms with Crippen LogP contribution in [0.3, 0.4) is 0 Å². The van der Waals surface area contributed by atoms with Crippen molar-refractivity contribution in [3.8, 4) is 0 Å². The largest absolute Gasteiger partial charge is 0.316 e. The predicted molar refractivity (Wildman–Crippen MR) is 83.8 cm³/mol. The van der Waals surface area contributed by atoms with E-state index in [0.29, 0.717) is 16.4 Å². The molecule has 1 heterocycles. The smallest absolute Gasteiger partial charge is 0.271 e. The number of rotatable bonds is 5. The van der Waals surface area contributed by atoms with E-state index in [2.05, 4.69) is 10.0 Å². The van der Waals surface area contributed by atoms with E-state index < -0.39 is 10.0 Å². The number of aryl methyl sites for hydroxylation is 2. The number of hydrogen-bond donors (Lipinski definition) is 2. The highest BCUT2D eigenvalue weighted by Crippen LogP contribution is 2.24. The third kappa shape index (κ3) is 3.39. The molecule has 4 nitrogen and oxygen atoms in total. The molecule has 0 amide bonds. The van der Waals surface area contributed by atoms with E-state index in [-0.39, 0.29) is 0 Å². The Hall–Kier alpha value is -1.37. The van der Waals surface area contributed by atoms with Gasteiger partial charge in [0.1, 0.15) is 4.21 Å². The molecule has 0 atom stereocenters. The normalized spacial score (nSPS) is 11.6. The molecule has 0 unspecified atom stereocenters. The molecule has 1 aromatic heterocycles. The molecular weight excluding hydrogens is 292 g/mol. The highest BCUT2D eigenvalue weighted by molar-refractivity contribution is 7.94. The molecule has 0 saturated carbocycles. The van der Waals surface area contributed by atoms with Gasteiger partial charge in [0.15, 0.2) is 0 Å². The van der Waals surface area contributed by atoms with Gasteiger partial charge in [0, 0.05) is 12.2 Å². The molecule has 0 saturated heterocycles. The van der Waals surface area contributed by atoms with Crippen molar-refractivity contribution in [1.82, 2.24) is 5.32 Å². The molecule has 6 heteroatoms. The summed E-state index contributed by atoms with van der Waals surface area (Å²) in [5, 5.41) is 4.86. The zero-order valence-electron chi connectivity index (χ0n) is 11.7. The topological polar surface area (TPSA) is 58.2 Å². The van der Waals surface area contributed by atoms with Crippen LogP contribution in [0.4, 0.5) is 5.69 Å². The van der Waals surface area contributed by atoms with E-state index in [1.54, 1.807) is 12.1 Å². The summed E-state index contributed by atoms with van der Waals surface area (Å²) in [6, 6.07) is 7.23. The second kappa shape index (κ2) is 5.95. The van der Waals surface area contributed by atoms with Crippen molar-refractivity contribution in [2.45, 2.75) is 24.6 Å². The maximum Gasteiger partial charge on any atom is 0.271 e. The highest BCUT2D eigenvalue weighted by atomic mass is 32.2. The van der Waals surface area contributed by atoms with Gasteiger partial charge in [-0.2, -0.15) is 0 Å². The molecule has 108 valence electrons. The van der Waals surface area contributed by atoms with Gasteiger partial charge in [0.05, 0.1) is 0 Å². The van der Waals surface area contributed by atoms with Gasteiger partial charge in [-0.05, 0) is 61.2 Å². The van der Waals surface area contributed by atoms with Crippen LogP contribution in [0.5, 0.6) is 0 Å². The highest BCUT2D eigenvalue weighted by Gasteiger charge is 2.17. The summed E-state index contributed by atoms with van der Waals surface area (Å²) in [6.45, 7) is 4.62. The lowest BCUT2D eigenvalue weighted by Gasteiger charge is -2.08. The Morgan fingerprint density at radius 2 is 1.90 bits per heavy atom. The molecule has 2 N–H and O–H groups in total. The average molecular weight is 310 g/mol. The summed E-state index contributed by atoms with van der Waals surface area (Å²) < 4.78 is 27.5. The maximum atomic E-state index is 12.3. The molecule has 0 spiro atoms.